The highest BCUT2D eigenvalue weighted by Crippen LogP contribution is 2.36. The highest BCUT2D eigenvalue weighted by atomic mass is 32.2. The lowest BCUT2D eigenvalue weighted by Crippen LogP contribution is -2.45. The number of anilines is 2. The predicted octanol–water partition coefficient (Wildman–Crippen LogP) is 3.84. The van der Waals surface area contributed by atoms with Crippen molar-refractivity contribution in [2.24, 2.45) is 0 Å². The normalized spacial score (nSPS) is 14.7. The van der Waals surface area contributed by atoms with E-state index >= 15 is 0 Å². The molecule has 8 heteroatoms. The van der Waals surface area contributed by atoms with Gasteiger partial charge in [0.05, 0.1) is 16.6 Å². The molecule has 144 valence electrons. The minimum Gasteiger partial charge on any atom is -0.451 e. The van der Waals surface area contributed by atoms with E-state index in [-0.39, 0.29) is 18.4 Å². The molecular weight excluding hydrogens is 388 g/mol. The van der Waals surface area contributed by atoms with Crippen LogP contribution in [0.5, 0.6) is 0 Å². The van der Waals surface area contributed by atoms with Gasteiger partial charge in [-0.15, -0.1) is 0 Å². The third-order valence-corrected chi connectivity index (χ3v) is 5.87. The molecule has 5 rings (SSSR count). The Hall–Kier alpha value is -3.39. The molecule has 0 spiro atoms. The predicted molar refractivity (Wildman–Crippen MR) is 112 cm³/mol. The summed E-state index contributed by atoms with van der Waals surface area (Å²) in [6.07, 6.45) is 1.48. The van der Waals surface area contributed by atoms with Crippen LogP contribution in [-0.4, -0.2) is 33.6 Å². The molecule has 1 aliphatic heterocycles. The summed E-state index contributed by atoms with van der Waals surface area (Å²) < 4.78 is 5.95. The van der Waals surface area contributed by atoms with E-state index in [1.54, 1.807) is 13.0 Å². The van der Waals surface area contributed by atoms with Gasteiger partial charge >= 0.3 is 0 Å². The minimum atomic E-state index is -0.472. The molecule has 1 aliphatic rings. The van der Waals surface area contributed by atoms with Crippen molar-refractivity contribution in [3.05, 3.63) is 54.9 Å². The molecule has 1 N–H and O–H groups in total. The van der Waals surface area contributed by atoms with Gasteiger partial charge in [-0.3, -0.25) is 14.5 Å². The summed E-state index contributed by atoms with van der Waals surface area (Å²) in [6.45, 7) is 1.79. The topological polar surface area (TPSA) is 88.3 Å². The molecule has 2 aromatic heterocycles. The number of fused-ring (bicyclic) bond motifs is 4. The third-order valence-electron chi connectivity index (χ3n) is 4.80. The molecule has 0 unspecified atom stereocenters. The highest BCUT2D eigenvalue weighted by Gasteiger charge is 2.30. The summed E-state index contributed by atoms with van der Waals surface area (Å²) in [7, 11) is 0. The zero-order valence-electron chi connectivity index (χ0n) is 15.5. The molecule has 1 atom stereocenters. The van der Waals surface area contributed by atoms with Crippen molar-refractivity contribution in [1.29, 1.82) is 0 Å². The molecule has 7 nitrogen and oxygen atoms in total. The number of rotatable bonds is 3. The number of nitrogens with one attached hydrogen (secondary N) is 1. The number of nitrogens with zero attached hydrogens (tertiary/aromatic N) is 3. The number of carbonyl (C=O) groups is 2. The van der Waals surface area contributed by atoms with Crippen molar-refractivity contribution in [1.82, 2.24) is 9.97 Å². The lowest BCUT2D eigenvalue weighted by Gasteiger charge is -2.30. The van der Waals surface area contributed by atoms with Crippen LogP contribution in [0.1, 0.15) is 6.92 Å². The van der Waals surface area contributed by atoms with Gasteiger partial charge in [-0.1, -0.05) is 36.0 Å². The number of aromatic nitrogens is 2. The van der Waals surface area contributed by atoms with Gasteiger partial charge in [0.2, 0.25) is 11.8 Å². The molecule has 0 saturated carbocycles. The molecule has 29 heavy (non-hydrogen) atoms. The summed E-state index contributed by atoms with van der Waals surface area (Å²) in [5, 5.41) is 3.83. The second-order valence-electron chi connectivity index (χ2n) is 6.70. The fourth-order valence-corrected chi connectivity index (χ4v) is 4.37. The molecule has 3 heterocycles. The standard InChI is InChI=1S/C21H16N4O3S/c1-12(21(27)25-10-17(26)24-14-7-3-4-8-15(14)25)29-20-19-18(22-11-23-20)13-6-2-5-9-16(13)28-19/h2-9,11-12H,10H2,1H3,(H,24,26)/t12-/m1/s1. The van der Waals surface area contributed by atoms with Crippen LogP contribution in [0.4, 0.5) is 11.4 Å². The quantitative estimate of drug-likeness (QED) is 0.412. The number of para-hydroxylation sites is 3. The Morgan fingerprint density at radius 1 is 1.17 bits per heavy atom. The second-order valence-corrected chi connectivity index (χ2v) is 8.03. The van der Waals surface area contributed by atoms with Gasteiger partial charge < -0.3 is 9.73 Å². The Kier molecular flexibility index (Phi) is 4.21. The zero-order valence-corrected chi connectivity index (χ0v) is 16.3. The lowest BCUT2D eigenvalue weighted by molar-refractivity contribution is -0.121. The first-order valence-electron chi connectivity index (χ1n) is 9.11. The zero-order chi connectivity index (χ0) is 20.0. The van der Waals surface area contributed by atoms with E-state index < -0.39 is 5.25 Å². The second kappa shape index (κ2) is 6.89. The van der Waals surface area contributed by atoms with Crippen LogP contribution in [0.2, 0.25) is 0 Å². The molecule has 0 bridgehead atoms. The molecule has 0 aliphatic carbocycles. The summed E-state index contributed by atoms with van der Waals surface area (Å²) >= 11 is 1.30. The van der Waals surface area contributed by atoms with E-state index in [9.17, 15) is 9.59 Å². The Labute approximate surface area is 170 Å². The fourth-order valence-electron chi connectivity index (χ4n) is 3.45. The van der Waals surface area contributed by atoms with Crippen LogP contribution >= 0.6 is 11.8 Å². The van der Waals surface area contributed by atoms with Crippen molar-refractivity contribution >= 4 is 57.0 Å². The summed E-state index contributed by atoms with van der Waals surface area (Å²) in [5.74, 6) is -0.379. The van der Waals surface area contributed by atoms with Gasteiger partial charge in [0.1, 0.15) is 29.0 Å². The molecular formula is C21H16N4O3S. The monoisotopic (exact) mass is 404 g/mol. The molecule has 0 fully saturated rings. The summed E-state index contributed by atoms with van der Waals surface area (Å²) in [4.78, 5) is 35.4. The smallest absolute Gasteiger partial charge is 0.244 e. The fraction of sp³-hybridized carbons (Fsp3) is 0.143. The van der Waals surface area contributed by atoms with Crippen LogP contribution in [0.3, 0.4) is 0 Å². The van der Waals surface area contributed by atoms with E-state index in [1.807, 2.05) is 42.5 Å². The maximum absolute atomic E-state index is 13.2. The van der Waals surface area contributed by atoms with Crippen molar-refractivity contribution in [2.75, 3.05) is 16.8 Å². The maximum atomic E-state index is 13.2. The highest BCUT2D eigenvalue weighted by molar-refractivity contribution is 8.00. The van der Waals surface area contributed by atoms with Gasteiger partial charge in [-0.05, 0) is 31.2 Å². The van der Waals surface area contributed by atoms with E-state index in [1.165, 1.54) is 23.0 Å². The van der Waals surface area contributed by atoms with Crippen LogP contribution in [-0.2, 0) is 9.59 Å². The summed E-state index contributed by atoms with van der Waals surface area (Å²) in [6, 6.07) is 14.9. The maximum Gasteiger partial charge on any atom is 0.244 e. The van der Waals surface area contributed by atoms with Gasteiger partial charge in [0.25, 0.3) is 0 Å². The van der Waals surface area contributed by atoms with Crippen molar-refractivity contribution in [2.45, 2.75) is 17.2 Å². The van der Waals surface area contributed by atoms with Crippen LogP contribution in [0, 0.1) is 0 Å². The number of thioether (sulfide) groups is 1. The van der Waals surface area contributed by atoms with Crippen molar-refractivity contribution in [3.63, 3.8) is 0 Å². The number of carbonyl (C=O) groups excluding carboxylic acids is 2. The number of hydrogen-bond acceptors (Lipinski definition) is 6. The van der Waals surface area contributed by atoms with Crippen molar-refractivity contribution < 1.29 is 14.0 Å². The van der Waals surface area contributed by atoms with Crippen LogP contribution < -0.4 is 10.2 Å². The molecule has 0 radical (unpaired) electrons. The van der Waals surface area contributed by atoms with Gasteiger partial charge in [0.15, 0.2) is 5.58 Å². The molecule has 2 amide bonds. The number of hydrogen-bond donors (Lipinski definition) is 1. The number of benzene rings is 2. The van der Waals surface area contributed by atoms with E-state index in [0.29, 0.717) is 22.0 Å². The van der Waals surface area contributed by atoms with Gasteiger partial charge in [0, 0.05) is 5.39 Å². The van der Waals surface area contributed by atoms with Crippen LogP contribution in [0.15, 0.2) is 64.3 Å². The average molecular weight is 404 g/mol. The minimum absolute atomic E-state index is 0.00936. The third kappa shape index (κ3) is 3.01. The molecule has 0 saturated heterocycles. The van der Waals surface area contributed by atoms with Gasteiger partial charge in [-0.25, -0.2) is 9.97 Å². The Morgan fingerprint density at radius 2 is 1.97 bits per heavy atom. The van der Waals surface area contributed by atoms with E-state index in [0.717, 1.165) is 16.5 Å². The Morgan fingerprint density at radius 3 is 2.86 bits per heavy atom. The Balaban J connectivity index is 1.47. The molecule has 4 aromatic rings. The lowest BCUT2D eigenvalue weighted by atomic mass is 10.2. The van der Waals surface area contributed by atoms with Crippen LogP contribution in [0.25, 0.3) is 22.1 Å². The summed E-state index contributed by atoms with van der Waals surface area (Å²) in [5.41, 5.74) is 3.35. The first kappa shape index (κ1) is 17.7. The van der Waals surface area contributed by atoms with Crippen molar-refractivity contribution in [3.8, 4) is 0 Å². The largest absolute Gasteiger partial charge is 0.451 e. The molecule has 2 aromatic carbocycles. The first-order valence-corrected chi connectivity index (χ1v) is 9.99. The van der Waals surface area contributed by atoms with Gasteiger partial charge in [-0.2, -0.15) is 0 Å². The SMILES string of the molecule is C[C@@H](Sc1ncnc2c1oc1ccccc12)C(=O)N1CC(=O)Nc2ccccc21. The number of amides is 2. The average Bonchev–Trinajstić information content (AvgIpc) is 3.12. The number of furan rings is 1. The van der Waals surface area contributed by atoms with E-state index in [2.05, 4.69) is 15.3 Å². The Bertz CT molecular complexity index is 1270. The first-order chi connectivity index (χ1) is 14.1. The van der Waals surface area contributed by atoms with E-state index in [4.69, 9.17) is 4.42 Å².